The lowest BCUT2D eigenvalue weighted by Crippen LogP contribution is -2.27. The molecule has 24 heavy (non-hydrogen) atoms. The molecule has 2 rings (SSSR count). The summed E-state index contributed by atoms with van der Waals surface area (Å²) in [5.74, 6) is -0.522. The van der Waals surface area contributed by atoms with Crippen molar-refractivity contribution in [2.24, 2.45) is 0 Å². The van der Waals surface area contributed by atoms with Crippen molar-refractivity contribution in [3.05, 3.63) is 41.3 Å². The number of carbonyl (C=O) groups excluding carboxylic acids is 1. The summed E-state index contributed by atoms with van der Waals surface area (Å²) in [7, 11) is 1.34. The van der Waals surface area contributed by atoms with E-state index < -0.39 is 18.0 Å². The highest BCUT2D eigenvalue weighted by atomic mass is 19.4. The molecule has 0 bridgehead atoms. The van der Waals surface area contributed by atoms with Crippen LogP contribution in [-0.4, -0.2) is 31.1 Å². The Balaban J connectivity index is 2.08. The first-order valence-electron chi connectivity index (χ1n) is 6.92. The van der Waals surface area contributed by atoms with Crippen LogP contribution in [0.25, 0.3) is 0 Å². The van der Waals surface area contributed by atoms with E-state index in [1.54, 1.807) is 13.0 Å². The van der Waals surface area contributed by atoms with E-state index in [-0.39, 0.29) is 17.9 Å². The van der Waals surface area contributed by atoms with E-state index in [0.29, 0.717) is 17.9 Å². The average Bonchev–Trinajstić information content (AvgIpc) is 2.91. The molecular weight excluding hydrogens is 329 g/mol. The Bertz CT molecular complexity index is 713. The number of rotatable bonds is 6. The second-order valence-electron chi connectivity index (χ2n) is 4.85. The van der Waals surface area contributed by atoms with Crippen LogP contribution in [0.5, 0.6) is 11.5 Å². The molecule has 0 spiro atoms. The highest BCUT2D eigenvalue weighted by molar-refractivity contribution is 5.97. The largest absolute Gasteiger partial charge is 0.573 e. The number of halogens is 3. The Kier molecular flexibility index (Phi) is 5.32. The number of nitrogens with one attached hydrogen (secondary N) is 1. The van der Waals surface area contributed by atoms with E-state index in [2.05, 4.69) is 15.2 Å². The van der Waals surface area contributed by atoms with Crippen LogP contribution in [0.1, 0.15) is 21.8 Å². The molecule has 0 aliphatic heterocycles. The molecule has 0 aliphatic carbocycles. The molecule has 1 amide bonds. The number of aryl methyl sites for hydroxylation is 1. The molecule has 1 aromatic heterocycles. The van der Waals surface area contributed by atoms with Gasteiger partial charge in [-0.1, -0.05) is 5.16 Å². The van der Waals surface area contributed by atoms with Gasteiger partial charge in [0.05, 0.1) is 18.4 Å². The van der Waals surface area contributed by atoms with E-state index in [9.17, 15) is 18.0 Å². The van der Waals surface area contributed by atoms with Crippen molar-refractivity contribution in [3.8, 4) is 11.5 Å². The van der Waals surface area contributed by atoms with Crippen LogP contribution in [-0.2, 0) is 6.42 Å². The molecule has 0 aliphatic rings. The number of hydrogen-bond donors (Lipinski definition) is 1. The van der Waals surface area contributed by atoms with Gasteiger partial charge in [-0.3, -0.25) is 4.79 Å². The Morgan fingerprint density at radius 3 is 2.67 bits per heavy atom. The third kappa shape index (κ3) is 4.90. The topological polar surface area (TPSA) is 73.6 Å². The van der Waals surface area contributed by atoms with E-state index in [4.69, 9.17) is 9.26 Å². The molecule has 9 heteroatoms. The standard InChI is InChI=1S/C15H15F3N2O4/c1-9-7-11(24-20-9)5-6-19-14(21)12-8-10(22-2)3-4-13(12)23-15(16,17)18/h3-4,7-8H,5-6H2,1-2H3,(H,19,21). The van der Waals surface area contributed by atoms with E-state index in [0.717, 1.165) is 6.07 Å². The highest BCUT2D eigenvalue weighted by Crippen LogP contribution is 2.29. The van der Waals surface area contributed by atoms with Crippen molar-refractivity contribution in [2.45, 2.75) is 19.7 Å². The number of carbonyl (C=O) groups is 1. The zero-order valence-electron chi connectivity index (χ0n) is 12.9. The van der Waals surface area contributed by atoms with E-state index in [1.165, 1.54) is 19.2 Å². The van der Waals surface area contributed by atoms with Gasteiger partial charge in [-0.2, -0.15) is 0 Å². The Hall–Kier alpha value is -2.71. The minimum Gasteiger partial charge on any atom is -0.497 e. The number of benzene rings is 1. The summed E-state index contributed by atoms with van der Waals surface area (Å²) >= 11 is 0. The van der Waals surface area contributed by atoms with Crippen molar-refractivity contribution in [2.75, 3.05) is 13.7 Å². The van der Waals surface area contributed by atoms with Crippen LogP contribution in [0.4, 0.5) is 13.2 Å². The predicted octanol–water partition coefficient (Wildman–Crippen LogP) is 2.86. The fourth-order valence-corrected chi connectivity index (χ4v) is 1.96. The first-order valence-corrected chi connectivity index (χ1v) is 6.92. The van der Waals surface area contributed by atoms with Crippen LogP contribution in [0.3, 0.4) is 0 Å². The molecule has 0 fully saturated rings. The maximum absolute atomic E-state index is 12.4. The van der Waals surface area contributed by atoms with Crippen molar-refractivity contribution in [3.63, 3.8) is 0 Å². The number of nitrogens with zero attached hydrogens (tertiary/aromatic N) is 1. The van der Waals surface area contributed by atoms with Crippen LogP contribution < -0.4 is 14.8 Å². The zero-order chi connectivity index (χ0) is 17.7. The van der Waals surface area contributed by atoms with Crippen molar-refractivity contribution < 1.29 is 32.0 Å². The van der Waals surface area contributed by atoms with Crippen LogP contribution in [0.15, 0.2) is 28.8 Å². The number of aromatic nitrogens is 1. The van der Waals surface area contributed by atoms with Gasteiger partial charge in [0.2, 0.25) is 0 Å². The van der Waals surface area contributed by atoms with Gasteiger partial charge in [0.1, 0.15) is 17.3 Å². The Morgan fingerprint density at radius 1 is 1.33 bits per heavy atom. The van der Waals surface area contributed by atoms with Crippen LogP contribution >= 0.6 is 0 Å². The molecule has 0 saturated heterocycles. The first-order chi connectivity index (χ1) is 11.3. The molecule has 2 aromatic rings. The highest BCUT2D eigenvalue weighted by Gasteiger charge is 2.33. The second kappa shape index (κ2) is 7.24. The maximum Gasteiger partial charge on any atom is 0.573 e. The van der Waals surface area contributed by atoms with E-state index in [1.807, 2.05) is 0 Å². The molecule has 0 saturated carbocycles. The van der Waals surface area contributed by atoms with Gasteiger partial charge in [0.25, 0.3) is 5.91 Å². The van der Waals surface area contributed by atoms with Gasteiger partial charge in [-0.05, 0) is 25.1 Å². The molecule has 0 radical (unpaired) electrons. The van der Waals surface area contributed by atoms with Gasteiger partial charge in [-0.25, -0.2) is 0 Å². The first kappa shape index (κ1) is 17.6. The summed E-state index contributed by atoms with van der Waals surface area (Å²) in [4.78, 5) is 12.2. The monoisotopic (exact) mass is 344 g/mol. The summed E-state index contributed by atoms with van der Waals surface area (Å²) < 4.78 is 51.1. The summed E-state index contributed by atoms with van der Waals surface area (Å²) in [5, 5.41) is 6.20. The molecule has 6 nitrogen and oxygen atoms in total. The minimum atomic E-state index is -4.90. The average molecular weight is 344 g/mol. The van der Waals surface area contributed by atoms with E-state index >= 15 is 0 Å². The number of ether oxygens (including phenoxy) is 2. The molecule has 0 atom stereocenters. The van der Waals surface area contributed by atoms with Gasteiger partial charge in [0.15, 0.2) is 0 Å². The van der Waals surface area contributed by atoms with Crippen molar-refractivity contribution >= 4 is 5.91 Å². The lowest BCUT2D eigenvalue weighted by atomic mass is 10.1. The van der Waals surface area contributed by atoms with Gasteiger partial charge >= 0.3 is 6.36 Å². The molecule has 1 N–H and O–H groups in total. The third-order valence-corrected chi connectivity index (χ3v) is 2.99. The minimum absolute atomic E-state index is 0.163. The van der Waals surface area contributed by atoms with Crippen molar-refractivity contribution in [1.29, 1.82) is 0 Å². The third-order valence-electron chi connectivity index (χ3n) is 2.99. The summed E-state index contributed by atoms with van der Waals surface area (Å²) in [6.07, 6.45) is -4.55. The van der Waals surface area contributed by atoms with Crippen LogP contribution in [0, 0.1) is 6.92 Å². The van der Waals surface area contributed by atoms with Crippen LogP contribution in [0.2, 0.25) is 0 Å². The SMILES string of the molecule is COc1ccc(OC(F)(F)F)c(C(=O)NCCc2cc(C)no2)c1. The molecule has 1 heterocycles. The number of methoxy groups -OCH3 is 1. The molecule has 1 aromatic carbocycles. The van der Waals surface area contributed by atoms with Gasteiger partial charge < -0.3 is 19.3 Å². The molecule has 0 unspecified atom stereocenters. The lowest BCUT2D eigenvalue weighted by molar-refractivity contribution is -0.274. The normalized spacial score (nSPS) is 11.2. The summed E-state index contributed by atoms with van der Waals surface area (Å²) in [5.41, 5.74) is 0.422. The smallest absolute Gasteiger partial charge is 0.497 e. The summed E-state index contributed by atoms with van der Waals surface area (Å²) in [6.45, 7) is 1.92. The number of alkyl halides is 3. The lowest BCUT2D eigenvalue weighted by Gasteiger charge is -2.14. The second-order valence-corrected chi connectivity index (χ2v) is 4.85. The number of hydrogen-bond acceptors (Lipinski definition) is 5. The fraction of sp³-hybridized carbons (Fsp3) is 0.333. The number of amides is 1. The molecule has 130 valence electrons. The van der Waals surface area contributed by atoms with Gasteiger partial charge in [-0.15, -0.1) is 13.2 Å². The fourth-order valence-electron chi connectivity index (χ4n) is 1.96. The maximum atomic E-state index is 12.4. The summed E-state index contributed by atoms with van der Waals surface area (Å²) in [6, 6.07) is 5.18. The quantitative estimate of drug-likeness (QED) is 0.872. The Morgan fingerprint density at radius 2 is 2.08 bits per heavy atom. The molecular formula is C15H15F3N2O4. The van der Waals surface area contributed by atoms with Crippen molar-refractivity contribution in [1.82, 2.24) is 10.5 Å². The zero-order valence-corrected chi connectivity index (χ0v) is 12.9. The Labute approximate surface area is 135 Å². The van der Waals surface area contributed by atoms with Gasteiger partial charge in [0, 0.05) is 19.0 Å². The predicted molar refractivity (Wildman–Crippen MR) is 77.0 cm³/mol.